The summed E-state index contributed by atoms with van der Waals surface area (Å²) in [5.74, 6) is 0.354. The number of rotatable bonds is 3. The van der Waals surface area contributed by atoms with Gasteiger partial charge < -0.3 is 4.74 Å². The quantitative estimate of drug-likeness (QED) is 0.445. The van der Waals surface area contributed by atoms with E-state index in [4.69, 9.17) is 0 Å². The zero-order valence-corrected chi connectivity index (χ0v) is 6.76. The van der Waals surface area contributed by atoms with E-state index in [0.717, 1.165) is 6.42 Å². The summed E-state index contributed by atoms with van der Waals surface area (Å²) in [6.45, 7) is 5.61. The van der Waals surface area contributed by atoms with Gasteiger partial charge in [-0.1, -0.05) is 13.8 Å². The molecule has 2 nitrogen and oxygen atoms in total. The largest absolute Gasteiger partial charge is 0.435 e. The van der Waals surface area contributed by atoms with E-state index in [1.54, 1.807) is 0 Å². The van der Waals surface area contributed by atoms with Gasteiger partial charge in [0.2, 0.25) is 0 Å². The second-order valence-corrected chi connectivity index (χ2v) is 2.61. The van der Waals surface area contributed by atoms with Crippen molar-refractivity contribution >= 4 is 5.97 Å². The smallest absolute Gasteiger partial charge is 0.307 e. The summed E-state index contributed by atoms with van der Waals surface area (Å²) in [6, 6.07) is 0. The molecule has 0 unspecified atom stereocenters. The van der Waals surface area contributed by atoms with Gasteiger partial charge in [0, 0.05) is 6.92 Å². The Kier molecular flexibility index (Phi) is 4.63. The minimum atomic E-state index is -0.264. The fourth-order valence-electron chi connectivity index (χ4n) is 0.472. The van der Waals surface area contributed by atoms with Gasteiger partial charge in [-0.3, -0.25) is 4.79 Å². The Balaban J connectivity index is 3.29. The third-order valence-electron chi connectivity index (χ3n) is 0.938. The topological polar surface area (TPSA) is 26.3 Å². The van der Waals surface area contributed by atoms with Crippen molar-refractivity contribution < 1.29 is 9.53 Å². The standard InChI is InChI=1S/C8H14O2/c1-7(2)5-4-6-10-8(3)9/h4,6-7H,5H2,1-3H3. The second-order valence-electron chi connectivity index (χ2n) is 2.61. The Bertz CT molecular complexity index is 125. The van der Waals surface area contributed by atoms with Crippen LogP contribution in [0, 0.1) is 5.92 Å². The van der Waals surface area contributed by atoms with Gasteiger partial charge in [0.15, 0.2) is 0 Å². The van der Waals surface area contributed by atoms with Crippen molar-refractivity contribution in [3.63, 3.8) is 0 Å². The zero-order valence-electron chi connectivity index (χ0n) is 6.76. The first-order valence-corrected chi connectivity index (χ1v) is 3.45. The molecule has 0 heterocycles. The van der Waals surface area contributed by atoms with Crippen molar-refractivity contribution in [2.75, 3.05) is 0 Å². The molecule has 0 bridgehead atoms. The lowest BCUT2D eigenvalue weighted by atomic mass is 10.1. The van der Waals surface area contributed by atoms with Gasteiger partial charge in [0.25, 0.3) is 0 Å². The maximum atomic E-state index is 10.2. The molecule has 0 aromatic rings. The second kappa shape index (κ2) is 5.03. The van der Waals surface area contributed by atoms with Gasteiger partial charge in [-0.2, -0.15) is 0 Å². The highest BCUT2D eigenvalue weighted by atomic mass is 16.5. The predicted molar refractivity (Wildman–Crippen MR) is 40.4 cm³/mol. The third-order valence-corrected chi connectivity index (χ3v) is 0.938. The molecule has 0 N–H and O–H groups in total. The number of hydrogen-bond acceptors (Lipinski definition) is 2. The van der Waals surface area contributed by atoms with E-state index in [9.17, 15) is 4.79 Å². The first-order chi connectivity index (χ1) is 4.63. The van der Waals surface area contributed by atoms with Gasteiger partial charge in [0.1, 0.15) is 0 Å². The van der Waals surface area contributed by atoms with E-state index >= 15 is 0 Å². The maximum Gasteiger partial charge on any atom is 0.307 e. The molecule has 0 saturated carbocycles. The molecule has 0 amide bonds. The molecular formula is C8H14O2. The molecule has 10 heavy (non-hydrogen) atoms. The van der Waals surface area contributed by atoms with Crippen LogP contribution in [0.4, 0.5) is 0 Å². The lowest BCUT2D eigenvalue weighted by molar-refractivity contribution is -0.135. The fourth-order valence-corrected chi connectivity index (χ4v) is 0.472. The normalized spacial score (nSPS) is 10.8. The Morgan fingerprint density at radius 3 is 2.60 bits per heavy atom. The molecule has 0 aromatic carbocycles. The van der Waals surface area contributed by atoms with Crippen molar-refractivity contribution in [1.29, 1.82) is 0 Å². The molecule has 0 atom stereocenters. The van der Waals surface area contributed by atoms with Crippen molar-refractivity contribution in [1.82, 2.24) is 0 Å². The van der Waals surface area contributed by atoms with E-state index in [0.29, 0.717) is 5.92 Å². The van der Waals surface area contributed by atoms with E-state index in [-0.39, 0.29) is 5.97 Å². The van der Waals surface area contributed by atoms with Gasteiger partial charge in [-0.25, -0.2) is 0 Å². The molecule has 0 fully saturated rings. The molecule has 0 aromatic heterocycles. The summed E-state index contributed by atoms with van der Waals surface area (Å²) in [5.41, 5.74) is 0. The summed E-state index contributed by atoms with van der Waals surface area (Å²) >= 11 is 0. The lowest BCUT2D eigenvalue weighted by Crippen LogP contribution is -1.90. The zero-order chi connectivity index (χ0) is 7.98. The fraction of sp³-hybridized carbons (Fsp3) is 0.625. The molecule has 0 radical (unpaired) electrons. The Morgan fingerprint density at radius 1 is 1.60 bits per heavy atom. The highest BCUT2D eigenvalue weighted by Gasteiger charge is 1.88. The number of ether oxygens (including phenoxy) is 1. The summed E-state index contributed by atoms with van der Waals surface area (Å²) in [6.07, 6.45) is 4.25. The SMILES string of the molecule is CC(=O)OC=CCC(C)C. The molecule has 0 aliphatic carbocycles. The number of hydrogen-bond donors (Lipinski definition) is 0. The van der Waals surface area contributed by atoms with Crippen LogP contribution in [0.25, 0.3) is 0 Å². The van der Waals surface area contributed by atoms with Crippen LogP contribution >= 0.6 is 0 Å². The van der Waals surface area contributed by atoms with Crippen molar-refractivity contribution in [3.8, 4) is 0 Å². The molecule has 2 heteroatoms. The minimum absolute atomic E-state index is 0.264. The van der Waals surface area contributed by atoms with E-state index in [1.165, 1.54) is 13.2 Å². The van der Waals surface area contributed by atoms with Crippen LogP contribution in [0.3, 0.4) is 0 Å². The Morgan fingerprint density at radius 2 is 2.20 bits per heavy atom. The van der Waals surface area contributed by atoms with Crippen LogP contribution in [-0.4, -0.2) is 5.97 Å². The number of esters is 1. The average molecular weight is 142 g/mol. The van der Waals surface area contributed by atoms with Crippen LogP contribution in [0.5, 0.6) is 0 Å². The third kappa shape index (κ3) is 7.21. The van der Waals surface area contributed by atoms with Gasteiger partial charge in [-0.15, -0.1) is 0 Å². The van der Waals surface area contributed by atoms with Gasteiger partial charge in [0.05, 0.1) is 6.26 Å². The molecular weight excluding hydrogens is 128 g/mol. The highest BCUT2D eigenvalue weighted by Crippen LogP contribution is 1.99. The van der Waals surface area contributed by atoms with Crippen LogP contribution in [0.2, 0.25) is 0 Å². The van der Waals surface area contributed by atoms with Crippen molar-refractivity contribution in [3.05, 3.63) is 12.3 Å². The average Bonchev–Trinajstić information content (AvgIpc) is 1.79. The van der Waals surface area contributed by atoms with E-state index < -0.39 is 0 Å². The molecule has 0 rings (SSSR count). The lowest BCUT2D eigenvalue weighted by Gasteiger charge is -1.95. The number of carbonyl (C=O) groups is 1. The van der Waals surface area contributed by atoms with Crippen molar-refractivity contribution in [2.24, 2.45) is 5.92 Å². The summed E-state index contributed by atoms with van der Waals surface area (Å²) < 4.78 is 4.57. The van der Waals surface area contributed by atoms with Gasteiger partial charge >= 0.3 is 5.97 Å². The monoisotopic (exact) mass is 142 g/mol. The maximum absolute atomic E-state index is 10.2. The first kappa shape index (κ1) is 9.21. The highest BCUT2D eigenvalue weighted by molar-refractivity contribution is 5.66. The molecule has 0 aliphatic rings. The molecule has 58 valence electrons. The predicted octanol–water partition coefficient (Wildman–Crippen LogP) is 2.11. The van der Waals surface area contributed by atoms with Crippen LogP contribution in [0.15, 0.2) is 12.3 Å². The molecule has 0 aliphatic heterocycles. The summed E-state index contributed by atoms with van der Waals surface area (Å²) in [5, 5.41) is 0. The van der Waals surface area contributed by atoms with Crippen LogP contribution in [-0.2, 0) is 9.53 Å². The molecule has 0 spiro atoms. The minimum Gasteiger partial charge on any atom is -0.435 e. The number of carbonyl (C=O) groups excluding carboxylic acids is 1. The van der Waals surface area contributed by atoms with Crippen LogP contribution in [0.1, 0.15) is 27.2 Å². The summed E-state index contributed by atoms with van der Waals surface area (Å²) in [7, 11) is 0. The Labute approximate surface area is 61.9 Å². The van der Waals surface area contributed by atoms with Crippen molar-refractivity contribution in [2.45, 2.75) is 27.2 Å². The van der Waals surface area contributed by atoms with Crippen LogP contribution < -0.4 is 0 Å². The van der Waals surface area contributed by atoms with Gasteiger partial charge in [-0.05, 0) is 18.4 Å². The Hall–Kier alpha value is -0.790. The summed E-state index contributed by atoms with van der Waals surface area (Å²) in [4.78, 5) is 10.2. The van der Waals surface area contributed by atoms with E-state index in [2.05, 4.69) is 18.6 Å². The van der Waals surface area contributed by atoms with E-state index in [1.807, 2.05) is 6.08 Å². The first-order valence-electron chi connectivity index (χ1n) is 3.45. The molecule has 0 saturated heterocycles. The number of allylic oxidation sites excluding steroid dienone is 1.